The van der Waals surface area contributed by atoms with Crippen molar-refractivity contribution in [2.24, 2.45) is 0 Å². The molecule has 1 aliphatic heterocycles. The van der Waals surface area contributed by atoms with Gasteiger partial charge < -0.3 is 5.21 Å². The van der Waals surface area contributed by atoms with E-state index < -0.39 is 5.54 Å². The van der Waals surface area contributed by atoms with Crippen molar-refractivity contribution in [1.29, 1.82) is 0 Å². The second-order valence-electron chi connectivity index (χ2n) is 5.44. The van der Waals surface area contributed by atoms with Crippen LogP contribution in [0, 0.1) is 5.21 Å². The van der Waals surface area contributed by atoms with Crippen LogP contribution in [0.3, 0.4) is 0 Å². The Bertz CT molecular complexity index is 715. The van der Waals surface area contributed by atoms with Crippen LogP contribution in [0.25, 0.3) is 0 Å². The number of hydrogen-bond donors (Lipinski definition) is 0. The van der Waals surface area contributed by atoms with Gasteiger partial charge in [-0.25, -0.2) is 0 Å². The van der Waals surface area contributed by atoms with Crippen molar-refractivity contribution in [3.05, 3.63) is 76.5 Å². The topological polar surface area (TPSA) is 43.1 Å². The molecule has 100 valence electrons. The minimum atomic E-state index is -1.08. The van der Waals surface area contributed by atoms with Gasteiger partial charge in [0.25, 0.3) is 0 Å². The maximum Gasteiger partial charge on any atom is 0.234 e. The Hall–Kier alpha value is -2.42. The Labute approximate surface area is 117 Å². The molecular formula is C17H15NO2. The molecule has 0 spiro atoms. The fourth-order valence-electron chi connectivity index (χ4n) is 2.57. The van der Waals surface area contributed by atoms with Crippen molar-refractivity contribution < 1.29 is 9.53 Å². The molecular weight excluding hydrogens is 250 g/mol. The predicted octanol–water partition coefficient (Wildman–Crippen LogP) is 3.01. The Morgan fingerprint density at radius 1 is 0.900 bits per heavy atom. The molecule has 1 heterocycles. The van der Waals surface area contributed by atoms with E-state index in [0.29, 0.717) is 16.8 Å². The van der Waals surface area contributed by atoms with Gasteiger partial charge >= 0.3 is 0 Å². The van der Waals surface area contributed by atoms with Crippen LogP contribution in [-0.2, 0) is 0 Å². The predicted molar refractivity (Wildman–Crippen MR) is 78.1 cm³/mol. The first-order valence-electron chi connectivity index (χ1n) is 6.57. The molecule has 0 radical (unpaired) electrons. The minimum absolute atomic E-state index is 0.136. The summed E-state index contributed by atoms with van der Waals surface area (Å²) in [6.07, 6.45) is 0. The zero-order valence-electron chi connectivity index (χ0n) is 11.5. The lowest BCUT2D eigenvalue weighted by molar-refractivity contribution is -0.520. The van der Waals surface area contributed by atoms with Gasteiger partial charge in [0.05, 0.1) is 5.56 Å². The highest BCUT2D eigenvalue weighted by molar-refractivity contribution is 6.20. The first-order valence-corrected chi connectivity index (χ1v) is 6.57. The summed E-state index contributed by atoms with van der Waals surface area (Å²) >= 11 is 0. The van der Waals surface area contributed by atoms with E-state index in [-0.39, 0.29) is 5.78 Å². The maximum absolute atomic E-state index is 12.7. The van der Waals surface area contributed by atoms with Crippen LogP contribution in [0.1, 0.15) is 35.3 Å². The number of ketones is 1. The summed E-state index contributed by atoms with van der Waals surface area (Å²) in [5.74, 6) is -0.136. The number of rotatable bonds is 1. The molecule has 3 rings (SSSR count). The van der Waals surface area contributed by atoms with E-state index in [1.807, 2.05) is 48.5 Å². The zero-order chi connectivity index (χ0) is 14.3. The Morgan fingerprint density at radius 2 is 1.45 bits per heavy atom. The highest BCUT2D eigenvalue weighted by Gasteiger charge is 2.45. The number of hydroxylamine groups is 1. The van der Waals surface area contributed by atoms with Crippen molar-refractivity contribution >= 4 is 11.5 Å². The molecule has 0 bridgehead atoms. The highest BCUT2D eigenvalue weighted by Crippen LogP contribution is 2.28. The third kappa shape index (κ3) is 1.67. The van der Waals surface area contributed by atoms with Crippen LogP contribution in [-0.4, -0.2) is 21.8 Å². The molecule has 2 aromatic rings. The van der Waals surface area contributed by atoms with E-state index in [9.17, 15) is 10.0 Å². The van der Waals surface area contributed by atoms with E-state index in [2.05, 4.69) is 0 Å². The second kappa shape index (κ2) is 4.30. The molecule has 0 aliphatic carbocycles. The summed E-state index contributed by atoms with van der Waals surface area (Å²) in [7, 11) is 0. The third-order valence-corrected chi connectivity index (χ3v) is 3.74. The van der Waals surface area contributed by atoms with Crippen LogP contribution >= 0.6 is 0 Å². The lowest BCUT2D eigenvalue weighted by Gasteiger charge is -2.30. The number of nitrogens with zero attached hydrogens (tertiary/aromatic N) is 1. The summed E-state index contributed by atoms with van der Waals surface area (Å²) in [5.41, 5.74) is 1.63. The molecule has 0 amide bonds. The van der Waals surface area contributed by atoms with Crippen molar-refractivity contribution in [3.63, 3.8) is 0 Å². The van der Waals surface area contributed by atoms with Gasteiger partial charge in [-0.1, -0.05) is 36.4 Å². The Balaban J connectivity index is 2.36. The molecule has 0 saturated heterocycles. The number of fused-ring (bicyclic) bond motifs is 1. The Kier molecular flexibility index (Phi) is 2.71. The van der Waals surface area contributed by atoms with Crippen LogP contribution in [0.15, 0.2) is 54.6 Å². The SMILES string of the molecule is CC1(C)C(=O)c2ccccc2C(c2ccccc2)=[N+]1[O-]. The quantitative estimate of drug-likeness (QED) is 0.587. The molecule has 1 aliphatic rings. The van der Waals surface area contributed by atoms with Crippen molar-refractivity contribution in [3.8, 4) is 0 Å². The van der Waals surface area contributed by atoms with Gasteiger partial charge in [-0.3, -0.25) is 4.79 Å². The summed E-state index contributed by atoms with van der Waals surface area (Å²) in [4.78, 5) is 12.5. The van der Waals surface area contributed by atoms with Gasteiger partial charge in [-0.2, -0.15) is 4.74 Å². The van der Waals surface area contributed by atoms with Gasteiger partial charge in [0, 0.05) is 25.0 Å². The normalized spacial score (nSPS) is 17.0. The van der Waals surface area contributed by atoms with Crippen molar-refractivity contribution in [2.75, 3.05) is 0 Å². The monoisotopic (exact) mass is 265 g/mol. The van der Waals surface area contributed by atoms with Crippen molar-refractivity contribution in [2.45, 2.75) is 19.4 Å². The molecule has 0 fully saturated rings. The van der Waals surface area contributed by atoms with Gasteiger partial charge in [0.1, 0.15) is 0 Å². The molecule has 0 atom stereocenters. The van der Waals surface area contributed by atoms with Crippen LogP contribution < -0.4 is 0 Å². The summed E-state index contributed by atoms with van der Waals surface area (Å²) < 4.78 is 0.840. The first-order chi connectivity index (χ1) is 9.53. The average Bonchev–Trinajstić information content (AvgIpc) is 2.47. The molecule has 2 aromatic carbocycles. The van der Waals surface area contributed by atoms with Crippen LogP contribution in [0.5, 0.6) is 0 Å². The molecule has 3 heteroatoms. The van der Waals surface area contributed by atoms with E-state index in [1.165, 1.54) is 0 Å². The van der Waals surface area contributed by atoms with Crippen LogP contribution in [0.4, 0.5) is 0 Å². The van der Waals surface area contributed by atoms with Gasteiger partial charge in [-0.15, -0.1) is 0 Å². The maximum atomic E-state index is 12.7. The molecule has 0 N–H and O–H groups in total. The zero-order valence-corrected chi connectivity index (χ0v) is 11.5. The molecule has 0 saturated carbocycles. The fourth-order valence-corrected chi connectivity index (χ4v) is 2.57. The average molecular weight is 265 g/mol. The lowest BCUT2D eigenvalue weighted by Crippen LogP contribution is -2.48. The molecule has 20 heavy (non-hydrogen) atoms. The largest absolute Gasteiger partial charge is 0.623 e. The van der Waals surface area contributed by atoms with Gasteiger partial charge in [0.2, 0.25) is 17.0 Å². The summed E-state index contributed by atoms with van der Waals surface area (Å²) in [6.45, 7) is 3.34. The number of hydrogen-bond acceptors (Lipinski definition) is 2. The summed E-state index contributed by atoms with van der Waals surface area (Å²) in [5, 5.41) is 12.7. The number of carbonyl (C=O) groups excluding carboxylic acids is 1. The number of benzene rings is 2. The van der Waals surface area contributed by atoms with E-state index >= 15 is 0 Å². The van der Waals surface area contributed by atoms with E-state index in [4.69, 9.17) is 0 Å². The summed E-state index contributed by atoms with van der Waals surface area (Å²) in [6, 6.07) is 16.8. The second-order valence-corrected chi connectivity index (χ2v) is 5.44. The first kappa shape index (κ1) is 12.6. The molecule has 0 aromatic heterocycles. The van der Waals surface area contributed by atoms with Crippen LogP contribution in [0.2, 0.25) is 0 Å². The number of Topliss-reactive ketones (excluding diaryl/α,β-unsaturated/α-hetero) is 1. The molecule has 3 nitrogen and oxygen atoms in total. The number of carbonyl (C=O) groups is 1. The van der Waals surface area contributed by atoms with Gasteiger partial charge in [-0.05, 0) is 18.2 Å². The van der Waals surface area contributed by atoms with E-state index in [0.717, 1.165) is 10.3 Å². The Morgan fingerprint density at radius 3 is 2.10 bits per heavy atom. The van der Waals surface area contributed by atoms with E-state index in [1.54, 1.807) is 19.9 Å². The minimum Gasteiger partial charge on any atom is -0.623 e. The molecule has 0 unspecified atom stereocenters. The fraction of sp³-hybridized carbons (Fsp3) is 0.176. The highest BCUT2D eigenvalue weighted by atomic mass is 16.5. The van der Waals surface area contributed by atoms with Gasteiger partial charge in [0.15, 0.2) is 0 Å². The smallest absolute Gasteiger partial charge is 0.234 e. The third-order valence-electron chi connectivity index (χ3n) is 3.74. The van der Waals surface area contributed by atoms with Crippen molar-refractivity contribution in [1.82, 2.24) is 0 Å². The lowest BCUT2D eigenvalue weighted by atomic mass is 9.83. The standard InChI is InChI=1S/C17H15NO2/c1-17(2)16(19)14-11-7-6-10-13(14)15(18(17)20)12-8-4-3-5-9-12/h3-11H,1-2H3.